The molecule has 0 radical (unpaired) electrons. The highest BCUT2D eigenvalue weighted by Gasteiger charge is 2.28. The molecule has 1 aromatic heterocycles. The molecule has 1 aromatic rings. The number of hydrogen-bond donors (Lipinski definition) is 1. The third kappa shape index (κ3) is 3.48. The lowest BCUT2D eigenvalue weighted by atomic mass is 10.2. The van der Waals surface area contributed by atoms with Crippen LogP contribution in [0.3, 0.4) is 0 Å². The van der Waals surface area contributed by atoms with Crippen LogP contribution in [0.5, 0.6) is 0 Å². The fourth-order valence-corrected chi connectivity index (χ4v) is 2.23. The van der Waals surface area contributed by atoms with Gasteiger partial charge in [0.05, 0.1) is 30.6 Å². The largest absolute Gasteiger partial charge is 0.384 e. The van der Waals surface area contributed by atoms with Crippen LogP contribution in [0.25, 0.3) is 0 Å². The number of morpholine rings is 1. The molecule has 1 aliphatic rings. The van der Waals surface area contributed by atoms with E-state index in [0.29, 0.717) is 18.8 Å². The summed E-state index contributed by atoms with van der Waals surface area (Å²) in [4.78, 5) is 18.6. The first kappa shape index (κ1) is 14.8. The van der Waals surface area contributed by atoms with Gasteiger partial charge in [-0.25, -0.2) is 4.98 Å². The standard InChI is InChI=1S/C15H23N3O2/c1-4-7-16-13-5-6-14(17-8-13)15(19)18-9-12(3)20-10-11(18)2/h5-6,8,11-12,16H,4,7,9-10H2,1-3H3. The normalized spacial score (nSPS) is 22.6. The number of anilines is 1. The number of aromatic nitrogens is 1. The number of rotatable bonds is 4. The Morgan fingerprint density at radius 2 is 2.30 bits per heavy atom. The highest BCUT2D eigenvalue weighted by molar-refractivity contribution is 5.92. The van der Waals surface area contributed by atoms with Crippen LogP contribution < -0.4 is 5.32 Å². The van der Waals surface area contributed by atoms with Gasteiger partial charge in [0.1, 0.15) is 5.69 Å². The van der Waals surface area contributed by atoms with E-state index >= 15 is 0 Å². The maximum Gasteiger partial charge on any atom is 0.272 e. The van der Waals surface area contributed by atoms with Gasteiger partial charge in [0, 0.05) is 13.1 Å². The molecule has 0 saturated carbocycles. The average molecular weight is 277 g/mol. The van der Waals surface area contributed by atoms with Crippen molar-refractivity contribution < 1.29 is 9.53 Å². The van der Waals surface area contributed by atoms with E-state index in [2.05, 4.69) is 17.2 Å². The summed E-state index contributed by atoms with van der Waals surface area (Å²) >= 11 is 0. The van der Waals surface area contributed by atoms with Gasteiger partial charge in [0.2, 0.25) is 0 Å². The number of carbonyl (C=O) groups excluding carboxylic acids is 1. The maximum absolute atomic E-state index is 12.5. The third-order valence-corrected chi connectivity index (χ3v) is 3.43. The molecule has 0 aliphatic carbocycles. The molecule has 5 heteroatoms. The summed E-state index contributed by atoms with van der Waals surface area (Å²) in [5.41, 5.74) is 1.44. The van der Waals surface area contributed by atoms with Gasteiger partial charge < -0.3 is 15.0 Å². The first-order valence-corrected chi connectivity index (χ1v) is 7.24. The zero-order valence-corrected chi connectivity index (χ0v) is 12.4. The zero-order valence-electron chi connectivity index (χ0n) is 12.4. The quantitative estimate of drug-likeness (QED) is 0.916. The first-order chi connectivity index (χ1) is 9.61. The van der Waals surface area contributed by atoms with E-state index in [1.165, 1.54) is 0 Å². The maximum atomic E-state index is 12.5. The molecule has 2 rings (SSSR count). The van der Waals surface area contributed by atoms with E-state index in [1.54, 1.807) is 12.3 Å². The van der Waals surface area contributed by atoms with Crippen LogP contribution >= 0.6 is 0 Å². The Balaban J connectivity index is 2.04. The highest BCUT2D eigenvalue weighted by Crippen LogP contribution is 2.15. The molecule has 1 aliphatic heterocycles. The summed E-state index contributed by atoms with van der Waals surface area (Å²) in [6.07, 6.45) is 2.86. The van der Waals surface area contributed by atoms with Crippen LogP contribution in [-0.2, 0) is 4.74 Å². The van der Waals surface area contributed by atoms with E-state index < -0.39 is 0 Å². The predicted molar refractivity (Wildman–Crippen MR) is 78.9 cm³/mol. The number of ether oxygens (including phenoxy) is 1. The lowest BCUT2D eigenvalue weighted by Crippen LogP contribution is -2.50. The predicted octanol–water partition coefficient (Wildman–Crippen LogP) is 2.15. The molecular formula is C15H23N3O2. The van der Waals surface area contributed by atoms with E-state index in [9.17, 15) is 4.79 Å². The SMILES string of the molecule is CCCNc1ccc(C(=O)N2CC(C)OCC2C)nc1. The van der Waals surface area contributed by atoms with E-state index in [-0.39, 0.29) is 18.1 Å². The molecule has 2 unspecified atom stereocenters. The Kier molecular flexibility index (Phi) is 4.95. The average Bonchev–Trinajstić information content (AvgIpc) is 2.47. The molecule has 2 atom stereocenters. The molecule has 5 nitrogen and oxygen atoms in total. The van der Waals surface area contributed by atoms with Gasteiger partial charge >= 0.3 is 0 Å². The summed E-state index contributed by atoms with van der Waals surface area (Å²) in [5, 5.41) is 3.25. The number of carbonyl (C=O) groups is 1. The van der Waals surface area contributed by atoms with Crippen LogP contribution in [-0.4, -0.2) is 47.6 Å². The van der Waals surface area contributed by atoms with Crippen LogP contribution in [0, 0.1) is 0 Å². The summed E-state index contributed by atoms with van der Waals surface area (Å²) < 4.78 is 5.55. The molecule has 110 valence electrons. The van der Waals surface area contributed by atoms with Crippen LogP contribution in [0.1, 0.15) is 37.7 Å². The second kappa shape index (κ2) is 6.70. The zero-order chi connectivity index (χ0) is 14.5. The minimum absolute atomic E-state index is 0.0188. The molecule has 1 N–H and O–H groups in total. The summed E-state index contributed by atoms with van der Waals surface area (Å²) in [6.45, 7) is 8.21. The Labute approximate surface area is 120 Å². The fourth-order valence-electron chi connectivity index (χ4n) is 2.23. The van der Waals surface area contributed by atoms with Crippen molar-refractivity contribution in [2.75, 3.05) is 25.0 Å². The van der Waals surface area contributed by atoms with Gasteiger partial charge in [-0.1, -0.05) is 6.92 Å². The van der Waals surface area contributed by atoms with Crippen molar-refractivity contribution in [3.63, 3.8) is 0 Å². The highest BCUT2D eigenvalue weighted by atomic mass is 16.5. The van der Waals surface area contributed by atoms with E-state index in [0.717, 1.165) is 18.7 Å². The number of hydrogen-bond acceptors (Lipinski definition) is 4. The van der Waals surface area contributed by atoms with Crippen molar-refractivity contribution in [2.45, 2.75) is 39.3 Å². The van der Waals surface area contributed by atoms with E-state index in [4.69, 9.17) is 4.74 Å². The van der Waals surface area contributed by atoms with Crippen LogP contribution in [0.15, 0.2) is 18.3 Å². The molecule has 1 fully saturated rings. The van der Waals surface area contributed by atoms with Crippen molar-refractivity contribution in [3.8, 4) is 0 Å². The number of nitrogens with zero attached hydrogens (tertiary/aromatic N) is 2. The van der Waals surface area contributed by atoms with Crippen molar-refractivity contribution in [1.82, 2.24) is 9.88 Å². The molecular weight excluding hydrogens is 254 g/mol. The van der Waals surface area contributed by atoms with Crippen molar-refractivity contribution in [2.24, 2.45) is 0 Å². The van der Waals surface area contributed by atoms with Gasteiger partial charge in [0.25, 0.3) is 5.91 Å². The molecule has 0 bridgehead atoms. The van der Waals surface area contributed by atoms with Crippen molar-refractivity contribution in [1.29, 1.82) is 0 Å². The Morgan fingerprint density at radius 1 is 1.50 bits per heavy atom. The first-order valence-electron chi connectivity index (χ1n) is 7.24. The van der Waals surface area contributed by atoms with Crippen LogP contribution in [0.4, 0.5) is 5.69 Å². The van der Waals surface area contributed by atoms with Gasteiger partial charge in [-0.2, -0.15) is 0 Å². The summed E-state index contributed by atoms with van der Waals surface area (Å²) in [5.74, 6) is -0.0188. The van der Waals surface area contributed by atoms with Crippen LogP contribution in [0.2, 0.25) is 0 Å². The minimum Gasteiger partial charge on any atom is -0.384 e. The molecule has 2 heterocycles. The molecule has 1 amide bonds. The van der Waals surface area contributed by atoms with Gasteiger partial charge in [-0.05, 0) is 32.4 Å². The second-order valence-corrected chi connectivity index (χ2v) is 5.31. The lowest BCUT2D eigenvalue weighted by Gasteiger charge is -2.36. The third-order valence-electron chi connectivity index (χ3n) is 3.43. The van der Waals surface area contributed by atoms with E-state index in [1.807, 2.05) is 24.8 Å². The van der Waals surface area contributed by atoms with Crippen molar-refractivity contribution >= 4 is 11.6 Å². The number of amides is 1. The molecule has 0 aromatic carbocycles. The second-order valence-electron chi connectivity index (χ2n) is 5.31. The Hall–Kier alpha value is -1.62. The van der Waals surface area contributed by atoms with Gasteiger partial charge in [-0.3, -0.25) is 4.79 Å². The minimum atomic E-state index is -0.0188. The topological polar surface area (TPSA) is 54.5 Å². The monoisotopic (exact) mass is 277 g/mol. The summed E-state index contributed by atoms with van der Waals surface area (Å²) in [7, 11) is 0. The lowest BCUT2D eigenvalue weighted by molar-refractivity contribution is -0.0389. The number of nitrogens with one attached hydrogen (secondary N) is 1. The molecule has 0 spiro atoms. The Bertz CT molecular complexity index is 447. The van der Waals surface area contributed by atoms with Gasteiger partial charge in [-0.15, -0.1) is 0 Å². The number of pyridine rings is 1. The fraction of sp³-hybridized carbons (Fsp3) is 0.600. The van der Waals surface area contributed by atoms with Crippen molar-refractivity contribution in [3.05, 3.63) is 24.0 Å². The van der Waals surface area contributed by atoms with Gasteiger partial charge in [0.15, 0.2) is 0 Å². The molecule has 1 saturated heterocycles. The Morgan fingerprint density at radius 3 is 2.95 bits per heavy atom. The summed E-state index contributed by atoms with van der Waals surface area (Å²) in [6, 6.07) is 3.79. The smallest absolute Gasteiger partial charge is 0.272 e. The molecule has 20 heavy (non-hydrogen) atoms.